The molecule has 0 aliphatic carbocycles. The molecule has 0 spiro atoms. The van der Waals surface area contributed by atoms with E-state index in [2.05, 4.69) is 17.1 Å². The molecule has 12 heteroatoms. The number of thioether (sulfide) groups is 1. The van der Waals surface area contributed by atoms with Gasteiger partial charge in [0.2, 0.25) is 5.12 Å². The van der Waals surface area contributed by atoms with Crippen LogP contribution in [0.2, 0.25) is 0 Å². The van der Waals surface area contributed by atoms with E-state index in [4.69, 9.17) is 28.4 Å². The summed E-state index contributed by atoms with van der Waals surface area (Å²) in [6.45, 7) is 19.1. The second-order valence-electron chi connectivity index (χ2n) is 16.7. The van der Waals surface area contributed by atoms with Crippen molar-refractivity contribution in [3.8, 4) is 11.5 Å². The number of hydrogen-bond donors (Lipinski definition) is 3. The van der Waals surface area contributed by atoms with Gasteiger partial charge in [0.25, 0.3) is 0 Å². The van der Waals surface area contributed by atoms with Gasteiger partial charge in [-0.2, -0.15) is 0 Å². The first-order valence-electron chi connectivity index (χ1n) is 20.0. The number of pyridine rings is 1. The number of carbonyl (C=O) groups excluding carboxylic acids is 1. The number of aliphatic hydroxyl groups excluding tert-OH is 1. The summed E-state index contributed by atoms with van der Waals surface area (Å²) in [5.41, 5.74) is 1.60. The molecule has 314 valence electrons. The molecule has 0 bridgehead atoms. The Kier molecular flexibility index (Phi) is 14.6. The summed E-state index contributed by atoms with van der Waals surface area (Å²) in [6.07, 6.45) is -3.30. The van der Waals surface area contributed by atoms with E-state index in [0.717, 1.165) is 34.0 Å². The van der Waals surface area contributed by atoms with Crippen molar-refractivity contribution in [3.63, 3.8) is 0 Å². The number of aromatic nitrogens is 1. The molecule has 3 aromatic rings. The smallest absolute Gasteiger partial charge is 0.200 e. The van der Waals surface area contributed by atoms with Gasteiger partial charge < -0.3 is 43.7 Å². The second-order valence-corrected chi connectivity index (χ2v) is 17.7. The molecular formula is C45H63NO10S. The third-order valence-electron chi connectivity index (χ3n) is 12.0. The van der Waals surface area contributed by atoms with Crippen molar-refractivity contribution >= 4 is 16.9 Å². The zero-order valence-electron chi connectivity index (χ0n) is 35.5. The molecule has 2 saturated heterocycles. The van der Waals surface area contributed by atoms with Gasteiger partial charge in [-0.05, 0) is 101 Å². The van der Waals surface area contributed by atoms with Gasteiger partial charge in [-0.25, -0.2) is 4.98 Å². The Hall–Kier alpha value is -3.07. The molecule has 57 heavy (non-hydrogen) atoms. The van der Waals surface area contributed by atoms with Crippen LogP contribution in [0.25, 0.3) is 0 Å². The second kappa shape index (κ2) is 18.5. The molecule has 13 atom stereocenters. The molecule has 1 unspecified atom stereocenters. The van der Waals surface area contributed by atoms with E-state index < -0.39 is 66.1 Å². The number of hydrogen-bond acceptors (Lipinski definition) is 12. The maximum Gasteiger partial charge on any atom is 0.200 e. The van der Waals surface area contributed by atoms with Gasteiger partial charge in [-0.15, -0.1) is 0 Å². The van der Waals surface area contributed by atoms with Crippen LogP contribution in [0.5, 0.6) is 11.5 Å². The molecule has 5 rings (SSSR count). The molecule has 2 fully saturated rings. The van der Waals surface area contributed by atoms with Crippen LogP contribution >= 0.6 is 11.8 Å². The largest absolute Gasteiger partial charge is 0.493 e. The zero-order valence-corrected chi connectivity index (χ0v) is 36.3. The van der Waals surface area contributed by atoms with E-state index in [1.54, 1.807) is 58.5 Å². The number of ether oxygens (including phenoxy) is 6. The van der Waals surface area contributed by atoms with Crippen molar-refractivity contribution in [2.24, 2.45) is 23.7 Å². The molecule has 0 saturated carbocycles. The standard InChI is InChI=1S/C45H63NO10S/c1-13-34(47)45(10,50)40-28(6)37(53-43(56-40)36-25(3)20-24(2)21-26(36)4)27(5)23-44(9,49)39-29(7)38(30(8)41(48)57-35-16-14-15-19-46-35)54-42(55-39)31-17-18-32(51-11)33(22-31)52-12/h14-22,27-30,34,37-40,42-43,47,49-50H,13,23H2,1-12H3/t27-,28+,29+,30-,34-,37+,38+,39-,40-,42?,43-,44-,45-/m1/s1. The molecule has 3 N–H and O–H groups in total. The van der Waals surface area contributed by atoms with Crippen LogP contribution in [0.15, 0.2) is 59.8 Å². The minimum atomic E-state index is -1.59. The number of aryl methyl sites for hydroxylation is 3. The van der Waals surface area contributed by atoms with Crippen molar-refractivity contribution in [3.05, 3.63) is 82.5 Å². The normalized spacial score (nSPS) is 29.0. The molecule has 3 heterocycles. The maximum absolute atomic E-state index is 13.8. The Labute approximate surface area is 342 Å². The van der Waals surface area contributed by atoms with Crippen molar-refractivity contribution in [1.29, 1.82) is 0 Å². The van der Waals surface area contributed by atoms with E-state index in [9.17, 15) is 20.1 Å². The van der Waals surface area contributed by atoms with Gasteiger partial charge in [-0.3, -0.25) is 4.79 Å². The lowest BCUT2D eigenvalue weighted by Gasteiger charge is -2.51. The quantitative estimate of drug-likeness (QED) is 0.137. The van der Waals surface area contributed by atoms with Crippen molar-refractivity contribution in [1.82, 2.24) is 4.98 Å². The first-order valence-corrected chi connectivity index (χ1v) is 20.8. The molecule has 0 amide bonds. The van der Waals surface area contributed by atoms with Crippen LogP contribution < -0.4 is 9.47 Å². The number of aliphatic hydroxyl groups is 3. The number of nitrogens with zero attached hydrogens (tertiary/aromatic N) is 1. The average molecular weight is 810 g/mol. The van der Waals surface area contributed by atoms with Crippen molar-refractivity contribution in [2.45, 2.75) is 141 Å². The lowest BCUT2D eigenvalue weighted by atomic mass is 9.73. The fraction of sp³-hybridized carbons (Fsp3) is 0.600. The Morgan fingerprint density at radius 2 is 1.47 bits per heavy atom. The molecule has 1 aromatic heterocycles. The fourth-order valence-corrected chi connectivity index (χ4v) is 9.93. The lowest BCUT2D eigenvalue weighted by Crippen LogP contribution is -2.60. The minimum absolute atomic E-state index is 0.116. The number of rotatable bonds is 14. The molecule has 11 nitrogen and oxygen atoms in total. The Balaban J connectivity index is 1.49. The summed E-state index contributed by atoms with van der Waals surface area (Å²) in [7, 11) is 3.12. The van der Waals surface area contributed by atoms with E-state index in [-0.39, 0.29) is 23.4 Å². The lowest BCUT2D eigenvalue weighted by molar-refractivity contribution is -0.328. The number of benzene rings is 2. The van der Waals surface area contributed by atoms with Crippen molar-refractivity contribution in [2.75, 3.05) is 14.2 Å². The highest BCUT2D eigenvalue weighted by Gasteiger charge is 2.54. The Morgan fingerprint density at radius 1 is 0.860 bits per heavy atom. The van der Waals surface area contributed by atoms with Crippen LogP contribution in [0.3, 0.4) is 0 Å². The molecular weight excluding hydrogens is 747 g/mol. The summed E-state index contributed by atoms with van der Waals surface area (Å²) in [5, 5.41) is 36.1. The predicted octanol–water partition coefficient (Wildman–Crippen LogP) is 7.82. The van der Waals surface area contributed by atoms with Gasteiger partial charge in [0.05, 0.1) is 56.3 Å². The Morgan fingerprint density at radius 3 is 2.07 bits per heavy atom. The maximum atomic E-state index is 13.8. The van der Waals surface area contributed by atoms with Crippen molar-refractivity contribution < 1.29 is 48.5 Å². The fourth-order valence-electron chi connectivity index (χ4n) is 9.14. The third-order valence-corrected chi connectivity index (χ3v) is 13.0. The predicted molar refractivity (Wildman–Crippen MR) is 219 cm³/mol. The zero-order chi connectivity index (χ0) is 42.0. The highest BCUT2D eigenvalue weighted by atomic mass is 32.2. The molecule has 2 aromatic carbocycles. The average Bonchev–Trinajstić information content (AvgIpc) is 3.17. The highest BCUT2D eigenvalue weighted by molar-refractivity contribution is 8.13. The van der Waals surface area contributed by atoms with Crippen LogP contribution in [-0.2, 0) is 23.7 Å². The number of carbonyl (C=O) groups is 1. The SMILES string of the molecule is CC[C@@H](O)[C@@](C)(O)[C@@H]1O[C@H](c2c(C)cc(C)cc2C)O[C@@H]([C@H](C)C[C@@](C)(O)[C@@H]2OC(c3ccc(OC)c(OC)c3)O[C@H]([C@@H](C)C(=O)Sc3ccccn3)[C@@H]2C)[C@@H]1C. The van der Waals surface area contributed by atoms with Crippen LogP contribution in [0.4, 0.5) is 0 Å². The van der Waals surface area contributed by atoms with E-state index in [0.29, 0.717) is 28.5 Å². The molecule has 0 radical (unpaired) electrons. The summed E-state index contributed by atoms with van der Waals surface area (Å²) in [4.78, 5) is 18.1. The topological polar surface area (TPSA) is 146 Å². The van der Waals surface area contributed by atoms with Gasteiger partial charge in [0.1, 0.15) is 10.6 Å². The van der Waals surface area contributed by atoms with Crippen LogP contribution in [-0.4, -0.2) is 81.4 Å². The van der Waals surface area contributed by atoms with E-state index in [1.165, 1.54) is 0 Å². The third kappa shape index (κ3) is 9.71. The van der Waals surface area contributed by atoms with E-state index >= 15 is 0 Å². The van der Waals surface area contributed by atoms with Crippen LogP contribution in [0, 0.1) is 44.4 Å². The molecule has 2 aliphatic heterocycles. The van der Waals surface area contributed by atoms with Gasteiger partial charge in [0.15, 0.2) is 24.1 Å². The molecule has 2 aliphatic rings. The highest BCUT2D eigenvalue weighted by Crippen LogP contribution is 2.48. The van der Waals surface area contributed by atoms with Crippen LogP contribution in [0.1, 0.15) is 102 Å². The monoisotopic (exact) mass is 809 g/mol. The summed E-state index contributed by atoms with van der Waals surface area (Å²) in [6, 6.07) is 15.0. The summed E-state index contributed by atoms with van der Waals surface area (Å²) < 4.78 is 37.9. The minimum Gasteiger partial charge on any atom is -0.493 e. The van der Waals surface area contributed by atoms with Gasteiger partial charge in [0, 0.05) is 29.2 Å². The first-order chi connectivity index (χ1) is 26.8. The first kappa shape index (κ1) is 45.0. The van der Waals surface area contributed by atoms with E-state index in [1.807, 2.05) is 67.5 Å². The summed E-state index contributed by atoms with van der Waals surface area (Å²) in [5.74, 6) is -0.669. The Bertz CT molecular complexity index is 1800. The summed E-state index contributed by atoms with van der Waals surface area (Å²) >= 11 is 1.06. The number of methoxy groups -OCH3 is 2. The van der Waals surface area contributed by atoms with Gasteiger partial charge >= 0.3 is 0 Å². The van der Waals surface area contributed by atoms with Gasteiger partial charge in [-0.1, -0.05) is 64.4 Å².